The maximum absolute atomic E-state index is 14.2. The molecule has 1 saturated heterocycles. The highest BCUT2D eigenvalue weighted by Gasteiger charge is 2.34. The Labute approximate surface area is 172 Å². The van der Waals surface area contributed by atoms with Crippen molar-refractivity contribution in [2.75, 3.05) is 13.1 Å². The molecule has 1 aliphatic heterocycles. The minimum atomic E-state index is -3.68. The monoisotopic (exact) mass is 435 g/mol. The molecule has 1 fully saturated rings. The Bertz CT molecular complexity index is 1200. The second-order valence-corrected chi connectivity index (χ2v) is 9.31. The van der Waals surface area contributed by atoms with E-state index in [1.54, 1.807) is 26.0 Å². The maximum Gasteiger partial charge on any atom is 0.348 e. The predicted molar refractivity (Wildman–Crippen MR) is 105 cm³/mol. The third-order valence-corrected chi connectivity index (χ3v) is 7.59. The van der Waals surface area contributed by atoms with Crippen molar-refractivity contribution in [2.45, 2.75) is 38.0 Å². The van der Waals surface area contributed by atoms with Crippen LogP contribution in [0.4, 0.5) is 4.39 Å². The van der Waals surface area contributed by atoms with Gasteiger partial charge in [0.15, 0.2) is 5.76 Å². The molecule has 0 saturated carbocycles. The first-order chi connectivity index (χ1) is 14.3. The third-order valence-electron chi connectivity index (χ3n) is 5.45. The van der Waals surface area contributed by atoms with Gasteiger partial charge in [-0.3, -0.25) is 0 Å². The summed E-state index contributed by atoms with van der Waals surface area (Å²) in [4.78, 5) is 12.3. The molecule has 1 aromatic carbocycles. The van der Waals surface area contributed by atoms with Crippen molar-refractivity contribution < 1.29 is 17.3 Å². The molecule has 2 aromatic heterocycles. The Morgan fingerprint density at radius 2 is 1.93 bits per heavy atom. The van der Waals surface area contributed by atoms with Gasteiger partial charge in [-0.05, 0) is 44.7 Å². The first-order valence-corrected chi connectivity index (χ1v) is 11.1. The summed E-state index contributed by atoms with van der Waals surface area (Å²) in [5.74, 6) is 0.307. The zero-order valence-corrected chi connectivity index (χ0v) is 17.4. The number of benzene rings is 1. The molecule has 0 atom stereocenters. The minimum absolute atomic E-state index is 0.113. The number of H-pyrrole nitrogens is 1. The highest BCUT2D eigenvalue weighted by Crippen LogP contribution is 2.29. The van der Waals surface area contributed by atoms with Gasteiger partial charge in [0.25, 0.3) is 0 Å². The summed E-state index contributed by atoms with van der Waals surface area (Å²) in [7, 11) is -3.68. The molecule has 160 valence electrons. The second kappa shape index (κ2) is 7.80. The molecule has 0 unspecified atom stereocenters. The van der Waals surface area contributed by atoms with E-state index < -0.39 is 21.5 Å². The van der Waals surface area contributed by atoms with Gasteiger partial charge in [-0.25, -0.2) is 27.3 Å². The van der Waals surface area contributed by atoms with Crippen LogP contribution < -0.4 is 5.69 Å². The lowest BCUT2D eigenvalue weighted by Gasteiger charge is -2.30. The van der Waals surface area contributed by atoms with E-state index in [9.17, 15) is 17.6 Å². The number of para-hydroxylation sites is 1. The molecule has 1 aliphatic rings. The van der Waals surface area contributed by atoms with Gasteiger partial charge in [0.1, 0.15) is 22.2 Å². The number of nitrogens with zero attached hydrogens (tertiary/aromatic N) is 4. The fourth-order valence-corrected chi connectivity index (χ4v) is 5.69. The number of aryl methyl sites for hydroxylation is 2. The Balaban J connectivity index is 1.49. The number of piperidine rings is 1. The van der Waals surface area contributed by atoms with Crippen LogP contribution in [-0.4, -0.2) is 45.7 Å². The summed E-state index contributed by atoms with van der Waals surface area (Å²) in [6.07, 6.45) is 1.63. The quantitative estimate of drug-likeness (QED) is 0.655. The number of hydrogen-bond acceptors (Lipinski definition) is 6. The van der Waals surface area contributed by atoms with E-state index in [4.69, 9.17) is 4.52 Å². The molecule has 9 nitrogen and oxygen atoms in total. The van der Waals surface area contributed by atoms with Crippen LogP contribution in [0.5, 0.6) is 0 Å². The predicted octanol–water partition coefficient (Wildman–Crippen LogP) is 1.95. The molecule has 0 aliphatic carbocycles. The Kier molecular flexibility index (Phi) is 5.33. The lowest BCUT2D eigenvalue weighted by atomic mass is 9.94. The van der Waals surface area contributed by atoms with Gasteiger partial charge in [-0.15, -0.1) is 0 Å². The van der Waals surface area contributed by atoms with E-state index in [1.165, 1.54) is 21.0 Å². The number of sulfonamides is 1. The van der Waals surface area contributed by atoms with E-state index in [0.29, 0.717) is 43.9 Å². The van der Waals surface area contributed by atoms with Crippen LogP contribution in [0.2, 0.25) is 0 Å². The number of nitrogens with one attached hydrogen (secondary N) is 1. The van der Waals surface area contributed by atoms with Gasteiger partial charge < -0.3 is 4.52 Å². The topological polar surface area (TPSA) is 114 Å². The lowest BCUT2D eigenvalue weighted by molar-refractivity contribution is 0.269. The van der Waals surface area contributed by atoms with Crippen molar-refractivity contribution in [1.29, 1.82) is 0 Å². The molecule has 0 radical (unpaired) electrons. The molecule has 30 heavy (non-hydrogen) atoms. The third kappa shape index (κ3) is 3.58. The van der Waals surface area contributed by atoms with E-state index in [1.807, 2.05) is 0 Å². The highest BCUT2D eigenvalue weighted by atomic mass is 32.2. The molecule has 1 N–H and O–H groups in total. The van der Waals surface area contributed by atoms with Crippen molar-refractivity contribution in [3.05, 3.63) is 57.8 Å². The number of aromatic amines is 1. The van der Waals surface area contributed by atoms with E-state index >= 15 is 0 Å². The van der Waals surface area contributed by atoms with Crippen molar-refractivity contribution in [1.82, 2.24) is 24.2 Å². The normalized spacial score (nSPS) is 16.2. The molecule has 0 bridgehead atoms. The van der Waals surface area contributed by atoms with E-state index in [-0.39, 0.29) is 22.3 Å². The summed E-state index contributed by atoms with van der Waals surface area (Å²) >= 11 is 0. The van der Waals surface area contributed by atoms with Crippen LogP contribution in [0.25, 0.3) is 5.69 Å². The Morgan fingerprint density at radius 1 is 1.23 bits per heavy atom. The standard InChI is InChI=1S/C19H22FN5O4S/c1-12-18(13(2)29-23-12)30(27,28)24-9-7-14(8-10-24)11-17-21-22-19(26)25(17)16-6-4-3-5-15(16)20/h3-6,14H,7-11H2,1-2H3,(H,22,26). The average Bonchev–Trinajstić information content (AvgIpc) is 3.24. The van der Waals surface area contributed by atoms with Crippen LogP contribution >= 0.6 is 0 Å². The molecular formula is C19H22FN5O4S. The average molecular weight is 435 g/mol. The smallest absolute Gasteiger partial charge is 0.348 e. The minimum Gasteiger partial charge on any atom is -0.360 e. The first kappa shape index (κ1) is 20.5. The Morgan fingerprint density at radius 3 is 2.57 bits per heavy atom. The van der Waals surface area contributed by atoms with Crippen molar-refractivity contribution in [3.63, 3.8) is 0 Å². The van der Waals surface area contributed by atoms with Gasteiger partial charge in [-0.2, -0.15) is 9.40 Å². The summed E-state index contributed by atoms with van der Waals surface area (Å²) in [5.41, 5.74) is -0.0155. The lowest BCUT2D eigenvalue weighted by Crippen LogP contribution is -2.39. The summed E-state index contributed by atoms with van der Waals surface area (Å²) in [5, 5.41) is 10.2. The summed E-state index contributed by atoms with van der Waals surface area (Å²) in [6, 6.07) is 6.02. The Hall–Kier alpha value is -2.79. The van der Waals surface area contributed by atoms with Crippen LogP contribution in [0.15, 0.2) is 38.5 Å². The van der Waals surface area contributed by atoms with Crippen molar-refractivity contribution in [2.24, 2.45) is 5.92 Å². The van der Waals surface area contributed by atoms with Crippen molar-refractivity contribution in [3.8, 4) is 5.69 Å². The van der Waals surface area contributed by atoms with Crippen LogP contribution in [0, 0.1) is 25.6 Å². The zero-order valence-electron chi connectivity index (χ0n) is 16.6. The van der Waals surface area contributed by atoms with Gasteiger partial charge >= 0.3 is 5.69 Å². The SMILES string of the molecule is Cc1noc(C)c1S(=O)(=O)N1CCC(Cc2n[nH]c(=O)n2-c2ccccc2F)CC1. The van der Waals surface area contributed by atoms with Gasteiger partial charge in [-0.1, -0.05) is 17.3 Å². The molecule has 11 heteroatoms. The number of aromatic nitrogens is 4. The second-order valence-electron chi connectivity index (χ2n) is 7.44. The molecular weight excluding hydrogens is 413 g/mol. The summed E-state index contributed by atoms with van der Waals surface area (Å²) in [6.45, 7) is 3.87. The number of halogens is 1. The fourth-order valence-electron chi connectivity index (χ4n) is 3.93. The fraction of sp³-hybridized carbons (Fsp3) is 0.421. The van der Waals surface area contributed by atoms with Crippen LogP contribution in [0.1, 0.15) is 30.1 Å². The van der Waals surface area contributed by atoms with Gasteiger partial charge in [0, 0.05) is 19.5 Å². The largest absolute Gasteiger partial charge is 0.360 e. The zero-order chi connectivity index (χ0) is 21.5. The van der Waals surface area contributed by atoms with Gasteiger partial charge in [0.2, 0.25) is 10.0 Å². The molecule has 3 aromatic rings. The molecule has 0 spiro atoms. The van der Waals surface area contributed by atoms with E-state index in [0.717, 1.165) is 0 Å². The van der Waals surface area contributed by atoms with Gasteiger partial charge in [0.05, 0.1) is 5.69 Å². The van der Waals surface area contributed by atoms with E-state index in [2.05, 4.69) is 15.4 Å². The highest BCUT2D eigenvalue weighted by molar-refractivity contribution is 7.89. The van der Waals surface area contributed by atoms with Crippen LogP contribution in [-0.2, 0) is 16.4 Å². The molecule has 3 heterocycles. The molecule has 4 rings (SSSR count). The summed E-state index contributed by atoms with van der Waals surface area (Å²) < 4.78 is 47.8. The first-order valence-electron chi connectivity index (χ1n) is 9.63. The molecule has 0 amide bonds. The maximum atomic E-state index is 14.2. The van der Waals surface area contributed by atoms with Crippen LogP contribution in [0.3, 0.4) is 0 Å². The van der Waals surface area contributed by atoms with Crippen molar-refractivity contribution >= 4 is 10.0 Å². The number of hydrogen-bond donors (Lipinski definition) is 1. The number of rotatable bonds is 5.